The summed E-state index contributed by atoms with van der Waals surface area (Å²) in [6, 6.07) is 1.30. The Kier molecular flexibility index (Phi) is 4.96. The Hall–Kier alpha value is -1.29. The van der Waals surface area contributed by atoms with Crippen molar-refractivity contribution in [3.05, 3.63) is 0 Å². The van der Waals surface area contributed by atoms with Gasteiger partial charge < -0.3 is 4.90 Å². The molecule has 1 heterocycles. The number of hydrogen-bond donors (Lipinski definition) is 0. The number of carbonyl (C=O) groups is 1. The SMILES string of the molecule is CC(=O)N1CCCN(CC(C#N)C(F)(F)F)CC1. The fourth-order valence-electron chi connectivity index (χ4n) is 1.94. The van der Waals surface area contributed by atoms with Crippen LogP contribution in [0.15, 0.2) is 0 Å². The van der Waals surface area contributed by atoms with Crippen LogP contribution in [0.4, 0.5) is 13.2 Å². The number of alkyl halides is 3. The van der Waals surface area contributed by atoms with Crippen LogP contribution in [0.5, 0.6) is 0 Å². The molecule has 0 aromatic heterocycles. The molecule has 18 heavy (non-hydrogen) atoms. The van der Waals surface area contributed by atoms with Crippen molar-refractivity contribution in [2.45, 2.75) is 19.5 Å². The summed E-state index contributed by atoms with van der Waals surface area (Å²) in [6.07, 6.45) is -3.85. The summed E-state index contributed by atoms with van der Waals surface area (Å²) in [7, 11) is 0. The van der Waals surface area contributed by atoms with E-state index >= 15 is 0 Å². The predicted molar refractivity (Wildman–Crippen MR) is 58.5 cm³/mol. The molecule has 1 amide bonds. The van der Waals surface area contributed by atoms with Crippen LogP contribution in [-0.4, -0.2) is 54.6 Å². The maximum absolute atomic E-state index is 12.5. The normalized spacial score (nSPS) is 20.1. The van der Waals surface area contributed by atoms with Crippen LogP contribution in [0, 0.1) is 17.2 Å². The number of nitrogens with zero attached hydrogens (tertiary/aromatic N) is 3. The second-order valence-corrected chi connectivity index (χ2v) is 4.38. The van der Waals surface area contributed by atoms with E-state index in [-0.39, 0.29) is 12.5 Å². The summed E-state index contributed by atoms with van der Waals surface area (Å²) in [5.74, 6) is -2.02. The van der Waals surface area contributed by atoms with E-state index in [1.165, 1.54) is 13.0 Å². The van der Waals surface area contributed by atoms with Crippen molar-refractivity contribution in [1.82, 2.24) is 9.80 Å². The lowest BCUT2D eigenvalue weighted by Crippen LogP contribution is -2.38. The molecule has 1 unspecified atom stereocenters. The number of halogens is 3. The molecule has 1 aliphatic heterocycles. The van der Waals surface area contributed by atoms with Crippen LogP contribution in [0.1, 0.15) is 13.3 Å². The molecule has 4 nitrogen and oxygen atoms in total. The van der Waals surface area contributed by atoms with E-state index in [2.05, 4.69) is 0 Å². The van der Waals surface area contributed by atoms with Crippen LogP contribution < -0.4 is 0 Å². The van der Waals surface area contributed by atoms with Gasteiger partial charge in [0.05, 0.1) is 6.07 Å². The average Bonchev–Trinajstić information content (AvgIpc) is 2.49. The van der Waals surface area contributed by atoms with Crippen LogP contribution in [0.2, 0.25) is 0 Å². The van der Waals surface area contributed by atoms with Crippen molar-refractivity contribution in [3.63, 3.8) is 0 Å². The molecule has 0 saturated carbocycles. The van der Waals surface area contributed by atoms with Gasteiger partial charge in [-0.1, -0.05) is 0 Å². The van der Waals surface area contributed by atoms with Gasteiger partial charge in [0.2, 0.25) is 5.91 Å². The molecular weight excluding hydrogens is 247 g/mol. The lowest BCUT2D eigenvalue weighted by Gasteiger charge is -2.24. The topological polar surface area (TPSA) is 47.3 Å². The Labute approximate surface area is 104 Å². The zero-order chi connectivity index (χ0) is 13.8. The Bertz CT molecular complexity index is 337. The van der Waals surface area contributed by atoms with E-state index in [1.54, 1.807) is 9.80 Å². The lowest BCUT2D eigenvalue weighted by molar-refractivity contribution is -0.163. The molecule has 0 spiro atoms. The van der Waals surface area contributed by atoms with Gasteiger partial charge in [-0.15, -0.1) is 0 Å². The molecule has 1 aliphatic rings. The van der Waals surface area contributed by atoms with E-state index in [1.807, 2.05) is 0 Å². The maximum Gasteiger partial charge on any atom is 0.405 e. The van der Waals surface area contributed by atoms with Crippen LogP contribution in [-0.2, 0) is 4.79 Å². The summed E-state index contributed by atoms with van der Waals surface area (Å²) in [5, 5.41) is 8.54. The smallest absolute Gasteiger partial charge is 0.342 e. The lowest BCUT2D eigenvalue weighted by atomic mass is 10.1. The largest absolute Gasteiger partial charge is 0.405 e. The molecule has 0 radical (unpaired) electrons. The van der Waals surface area contributed by atoms with Crippen molar-refractivity contribution in [3.8, 4) is 6.07 Å². The number of hydrogen-bond acceptors (Lipinski definition) is 3. The highest BCUT2D eigenvalue weighted by molar-refractivity contribution is 5.73. The first-order valence-corrected chi connectivity index (χ1v) is 5.79. The number of nitriles is 1. The standard InChI is InChI=1S/C11H16F3N3O/c1-9(18)17-4-2-3-16(5-6-17)8-10(7-15)11(12,13)14/h10H,2-6,8H2,1H3. The molecule has 0 aromatic rings. The highest BCUT2D eigenvalue weighted by Crippen LogP contribution is 2.26. The minimum Gasteiger partial charge on any atom is -0.342 e. The van der Waals surface area contributed by atoms with Gasteiger partial charge in [-0.3, -0.25) is 9.69 Å². The minimum atomic E-state index is -4.48. The Balaban J connectivity index is 2.54. The maximum atomic E-state index is 12.5. The summed E-state index contributed by atoms with van der Waals surface area (Å²) in [6.45, 7) is 2.99. The summed E-state index contributed by atoms with van der Waals surface area (Å²) in [4.78, 5) is 14.4. The van der Waals surface area contributed by atoms with Gasteiger partial charge in [0.15, 0.2) is 5.92 Å². The second-order valence-electron chi connectivity index (χ2n) is 4.38. The molecular formula is C11H16F3N3O. The van der Waals surface area contributed by atoms with Crippen molar-refractivity contribution >= 4 is 5.91 Å². The van der Waals surface area contributed by atoms with Gasteiger partial charge in [-0.2, -0.15) is 18.4 Å². The highest BCUT2D eigenvalue weighted by atomic mass is 19.4. The summed E-state index contributed by atoms with van der Waals surface area (Å²) < 4.78 is 37.4. The van der Waals surface area contributed by atoms with E-state index < -0.39 is 12.1 Å². The van der Waals surface area contributed by atoms with Gasteiger partial charge in [0.25, 0.3) is 0 Å². The fourth-order valence-corrected chi connectivity index (χ4v) is 1.94. The summed E-state index contributed by atoms with van der Waals surface area (Å²) in [5.41, 5.74) is 0. The third kappa shape index (κ3) is 4.18. The first kappa shape index (κ1) is 14.8. The first-order chi connectivity index (χ1) is 8.34. The fraction of sp³-hybridized carbons (Fsp3) is 0.818. The average molecular weight is 263 g/mol. The first-order valence-electron chi connectivity index (χ1n) is 5.79. The molecule has 1 atom stereocenters. The number of amides is 1. The van der Waals surface area contributed by atoms with Gasteiger partial charge in [-0.25, -0.2) is 0 Å². The molecule has 7 heteroatoms. The third-order valence-corrected chi connectivity index (χ3v) is 3.03. The van der Waals surface area contributed by atoms with Gasteiger partial charge in [0, 0.05) is 33.1 Å². The third-order valence-electron chi connectivity index (χ3n) is 3.03. The van der Waals surface area contributed by atoms with Gasteiger partial charge >= 0.3 is 6.18 Å². The highest BCUT2D eigenvalue weighted by Gasteiger charge is 2.40. The minimum absolute atomic E-state index is 0.0653. The van der Waals surface area contributed by atoms with E-state index in [9.17, 15) is 18.0 Å². The monoisotopic (exact) mass is 263 g/mol. The zero-order valence-corrected chi connectivity index (χ0v) is 10.2. The molecule has 1 fully saturated rings. The zero-order valence-electron chi connectivity index (χ0n) is 10.2. The van der Waals surface area contributed by atoms with E-state index in [0.717, 1.165) is 0 Å². The van der Waals surface area contributed by atoms with Gasteiger partial charge in [-0.05, 0) is 13.0 Å². The van der Waals surface area contributed by atoms with Crippen LogP contribution in [0.25, 0.3) is 0 Å². The Morgan fingerprint density at radius 3 is 2.50 bits per heavy atom. The van der Waals surface area contributed by atoms with Crippen molar-refractivity contribution in [1.29, 1.82) is 5.26 Å². The predicted octanol–water partition coefficient (Wildman–Crippen LogP) is 1.24. The van der Waals surface area contributed by atoms with E-state index in [4.69, 9.17) is 5.26 Å². The van der Waals surface area contributed by atoms with E-state index in [0.29, 0.717) is 32.6 Å². The second kappa shape index (κ2) is 6.05. The molecule has 0 N–H and O–H groups in total. The van der Waals surface area contributed by atoms with Crippen LogP contribution >= 0.6 is 0 Å². The Morgan fingerprint density at radius 1 is 1.33 bits per heavy atom. The van der Waals surface area contributed by atoms with Crippen molar-refractivity contribution in [2.75, 3.05) is 32.7 Å². The Morgan fingerprint density at radius 2 is 2.00 bits per heavy atom. The quantitative estimate of drug-likeness (QED) is 0.753. The molecule has 0 aromatic carbocycles. The summed E-state index contributed by atoms with van der Waals surface area (Å²) >= 11 is 0. The van der Waals surface area contributed by atoms with Crippen molar-refractivity contribution < 1.29 is 18.0 Å². The van der Waals surface area contributed by atoms with Crippen molar-refractivity contribution in [2.24, 2.45) is 5.92 Å². The number of carbonyl (C=O) groups excluding carboxylic acids is 1. The molecule has 102 valence electrons. The molecule has 0 bridgehead atoms. The molecule has 1 rings (SSSR count). The van der Waals surface area contributed by atoms with Gasteiger partial charge in [0.1, 0.15) is 0 Å². The van der Waals surface area contributed by atoms with Crippen LogP contribution in [0.3, 0.4) is 0 Å². The number of rotatable bonds is 2. The molecule has 1 saturated heterocycles. The molecule has 0 aliphatic carbocycles.